The molecule has 0 atom stereocenters. The van der Waals surface area contributed by atoms with Gasteiger partial charge in [-0.3, -0.25) is 19.4 Å². The average molecular weight is 396 g/mol. The standard InChI is InChI=1S/C23H29N3O3/c1-15-22(17(3)27)16(2)24-23(15)20(28)14-26-9-7-25(8-10-26)13-18-4-5-21-19(12-18)6-11-29-21/h4-5,12,24H,6-11,13-14H2,1-3H3. The Balaban J connectivity index is 1.31. The lowest BCUT2D eigenvalue weighted by Crippen LogP contribution is -2.47. The molecule has 0 spiro atoms. The minimum atomic E-state index is 0.00188. The highest BCUT2D eigenvalue weighted by atomic mass is 16.5. The lowest BCUT2D eigenvalue weighted by atomic mass is 10.0. The molecule has 2 aliphatic heterocycles. The van der Waals surface area contributed by atoms with E-state index in [1.807, 2.05) is 13.8 Å². The maximum atomic E-state index is 12.8. The molecular weight excluding hydrogens is 366 g/mol. The topological polar surface area (TPSA) is 65.6 Å². The monoisotopic (exact) mass is 395 g/mol. The third-order valence-corrected chi connectivity index (χ3v) is 6.06. The van der Waals surface area contributed by atoms with E-state index < -0.39 is 0 Å². The molecule has 2 aromatic rings. The summed E-state index contributed by atoms with van der Waals surface area (Å²) in [5.74, 6) is 1.09. The number of aryl methyl sites for hydroxylation is 1. The Morgan fingerprint density at radius 3 is 2.52 bits per heavy atom. The molecule has 1 fully saturated rings. The van der Waals surface area contributed by atoms with Gasteiger partial charge in [-0.2, -0.15) is 0 Å². The number of benzene rings is 1. The van der Waals surface area contributed by atoms with Crippen LogP contribution in [0.15, 0.2) is 18.2 Å². The summed E-state index contributed by atoms with van der Waals surface area (Å²) in [7, 11) is 0. The largest absolute Gasteiger partial charge is 0.493 e. The lowest BCUT2D eigenvalue weighted by Gasteiger charge is -2.34. The summed E-state index contributed by atoms with van der Waals surface area (Å²) in [5.41, 5.74) is 5.43. The number of aromatic nitrogens is 1. The number of piperazine rings is 1. The molecule has 0 radical (unpaired) electrons. The molecule has 1 saturated heterocycles. The van der Waals surface area contributed by atoms with Gasteiger partial charge in [-0.05, 0) is 43.5 Å². The van der Waals surface area contributed by atoms with E-state index in [-0.39, 0.29) is 11.6 Å². The van der Waals surface area contributed by atoms with E-state index >= 15 is 0 Å². The maximum absolute atomic E-state index is 12.8. The van der Waals surface area contributed by atoms with Gasteiger partial charge in [-0.1, -0.05) is 12.1 Å². The van der Waals surface area contributed by atoms with Crippen LogP contribution in [0.1, 0.15) is 50.2 Å². The van der Waals surface area contributed by atoms with Gasteiger partial charge in [0.2, 0.25) is 0 Å². The number of fused-ring (bicyclic) bond motifs is 1. The van der Waals surface area contributed by atoms with Crippen molar-refractivity contribution in [2.45, 2.75) is 33.7 Å². The number of ether oxygens (including phenoxy) is 1. The first-order valence-corrected chi connectivity index (χ1v) is 10.3. The van der Waals surface area contributed by atoms with E-state index in [0.717, 1.165) is 62.8 Å². The molecule has 2 aliphatic rings. The van der Waals surface area contributed by atoms with Crippen molar-refractivity contribution in [3.63, 3.8) is 0 Å². The maximum Gasteiger partial charge on any atom is 0.193 e. The number of nitrogens with one attached hydrogen (secondary N) is 1. The van der Waals surface area contributed by atoms with E-state index in [9.17, 15) is 9.59 Å². The van der Waals surface area contributed by atoms with E-state index in [0.29, 0.717) is 17.8 Å². The van der Waals surface area contributed by atoms with Crippen LogP contribution in [0.3, 0.4) is 0 Å². The Bertz CT molecular complexity index is 939. The van der Waals surface area contributed by atoms with Gasteiger partial charge in [0.15, 0.2) is 11.6 Å². The second-order valence-electron chi connectivity index (χ2n) is 8.20. The smallest absolute Gasteiger partial charge is 0.193 e. The van der Waals surface area contributed by atoms with Crippen LogP contribution in [0.2, 0.25) is 0 Å². The molecule has 4 rings (SSSR count). The van der Waals surface area contributed by atoms with Gasteiger partial charge >= 0.3 is 0 Å². The Labute approximate surface area is 171 Å². The molecule has 1 aromatic heterocycles. The van der Waals surface area contributed by atoms with Crippen LogP contribution in [-0.4, -0.2) is 65.7 Å². The second-order valence-corrected chi connectivity index (χ2v) is 8.20. The second kappa shape index (κ2) is 8.13. The third-order valence-electron chi connectivity index (χ3n) is 6.06. The summed E-state index contributed by atoms with van der Waals surface area (Å²) in [6.45, 7) is 11.0. The number of ketones is 2. The quantitative estimate of drug-likeness (QED) is 0.762. The number of hydrogen-bond donors (Lipinski definition) is 1. The summed E-state index contributed by atoms with van der Waals surface area (Å²) in [6.07, 6.45) is 1.00. The molecule has 6 heteroatoms. The van der Waals surface area contributed by atoms with Gasteiger partial charge in [0.25, 0.3) is 0 Å². The van der Waals surface area contributed by atoms with Gasteiger partial charge in [-0.15, -0.1) is 0 Å². The number of H-pyrrole nitrogens is 1. The molecule has 0 saturated carbocycles. The van der Waals surface area contributed by atoms with Gasteiger partial charge in [0.1, 0.15) is 5.75 Å². The van der Waals surface area contributed by atoms with E-state index in [2.05, 4.69) is 33.0 Å². The summed E-state index contributed by atoms with van der Waals surface area (Å²) < 4.78 is 5.59. The molecule has 29 heavy (non-hydrogen) atoms. The highest BCUT2D eigenvalue weighted by molar-refractivity contribution is 6.03. The zero-order valence-corrected chi connectivity index (χ0v) is 17.5. The molecule has 154 valence electrons. The first-order valence-electron chi connectivity index (χ1n) is 10.3. The van der Waals surface area contributed by atoms with Crippen molar-refractivity contribution in [2.24, 2.45) is 0 Å². The molecule has 0 amide bonds. The zero-order valence-electron chi connectivity index (χ0n) is 17.5. The molecule has 0 bridgehead atoms. The highest BCUT2D eigenvalue weighted by Gasteiger charge is 2.24. The number of aromatic amines is 1. The highest BCUT2D eigenvalue weighted by Crippen LogP contribution is 2.26. The lowest BCUT2D eigenvalue weighted by molar-refractivity contribution is 0.0839. The van der Waals surface area contributed by atoms with Gasteiger partial charge < -0.3 is 9.72 Å². The van der Waals surface area contributed by atoms with Crippen LogP contribution in [0.25, 0.3) is 0 Å². The Kier molecular flexibility index (Phi) is 5.56. The van der Waals surface area contributed by atoms with Gasteiger partial charge in [-0.25, -0.2) is 0 Å². The Morgan fingerprint density at radius 2 is 1.83 bits per heavy atom. The molecule has 0 aliphatic carbocycles. The fourth-order valence-electron chi connectivity index (χ4n) is 4.54. The number of nitrogens with zero attached hydrogens (tertiary/aromatic N) is 2. The predicted molar refractivity (Wildman–Crippen MR) is 112 cm³/mol. The van der Waals surface area contributed by atoms with E-state index in [4.69, 9.17) is 4.74 Å². The van der Waals surface area contributed by atoms with Crippen LogP contribution in [0, 0.1) is 13.8 Å². The van der Waals surface area contributed by atoms with Crippen LogP contribution < -0.4 is 4.74 Å². The van der Waals surface area contributed by atoms with Crippen LogP contribution in [0.5, 0.6) is 5.75 Å². The fraction of sp³-hybridized carbons (Fsp3) is 0.478. The number of rotatable bonds is 6. The minimum absolute atomic E-state index is 0.00188. The molecule has 1 N–H and O–H groups in total. The number of carbonyl (C=O) groups is 2. The average Bonchev–Trinajstić information content (AvgIpc) is 3.26. The molecule has 0 unspecified atom stereocenters. The normalized spacial score (nSPS) is 17.2. The molecule has 1 aromatic carbocycles. The van der Waals surface area contributed by atoms with Crippen molar-refractivity contribution < 1.29 is 14.3 Å². The van der Waals surface area contributed by atoms with Crippen LogP contribution >= 0.6 is 0 Å². The molecule has 6 nitrogen and oxygen atoms in total. The van der Waals surface area contributed by atoms with Crippen molar-refractivity contribution in [2.75, 3.05) is 39.3 Å². The van der Waals surface area contributed by atoms with Crippen LogP contribution in [-0.2, 0) is 13.0 Å². The zero-order chi connectivity index (χ0) is 20.5. The van der Waals surface area contributed by atoms with Crippen molar-refractivity contribution in [1.82, 2.24) is 14.8 Å². The first-order chi connectivity index (χ1) is 13.9. The summed E-state index contributed by atoms with van der Waals surface area (Å²) >= 11 is 0. The number of hydrogen-bond acceptors (Lipinski definition) is 5. The molecular formula is C23H29N3O3. The Morgan fingerprint density at radius 1 is 1.10 bits per heavy atom. The van der Waals surface area contributed by atoms with Crippen molar-refractivity contribution in [1.29, 1.82) is 0 Å². The van der Waals surface area contributed by atoms with Crippen molar-refractivity contribution in [3.8, 4) is 5.75 Å². The predicted octanol–water partition coefficient (Wildman–Crippen LogP) is 2.77. The van der Waals surface area contributed by atoms with E-state index in [1.165, 1.54) is 11.1 Å². The summed E-state index contributed by atoms with van der Waals surface area (Å²) in [4.78, 5) is 32.4. The number of Topliss-reactive ketones (excluding diaryl/α,β-unsaturated/α-hetero) is 2. The van der Waals surface area contributed by atoms with Crippen LogP contribution in [0.4, 0.5) is 0 Å². The minimum Gasteiger partial charge on any atom is -0.493 e. The SMILES string of the molecule is CC(=O)c1c(C)[nH]c(C(=O)CN2CCN(Cc3ccc4c(c3)CCO4)CC2)c1C. The first kappa shape index (κ1) is 19.9. The van der Waals surface area contributed by atoms with Crippen molar-refractivity contribution >= 4 is 11.6 Å². The fourth-order valence-corrected chi connectivity index (χ4v) is 4.54. The summed E-state index contributed by atoms with van der Waals surface area (Å²) in [6, 6.07) is 6.51. The van der Waals surface area contributed by atoms with Gasteiger partial charge in [0, 0.05) is 50.4 Å². The Hall–Kier alpha value is -2.44. The van der Waals surface area contributed by atoms with E-state index in [1.54, 1.807) is 6.92 Å². The molecule has 3 heterocycles. The van der Waals surface area contributed by atoms with Crippen molar-refractivity contribution in [3.05, 3.63) is 51.8 Å². The number of carbonyl (C=O) groups excluding carboxylic acids is 2. The summed E-state index contributed by atoms with van der Waals surface area (Å²) in [5, 5.41) is 0. The third kappa shape index (κ3) is 4.14. The van der Waals surface area contributed by atoms with Gasteiger partial charge in [0.05, 0.1) is 18.8 Å².